The number of hydrogen-bond acceptors (Lipinski definition) is 4. The molecular weight excluding hydrogens is 180 g/mol. The average molecular weight is 192 g/mol. The molecule has 0 saturated carbocycles. The van der Waals surface area contributed by atoms with Crippen LogP contribution in [0.2, 0.25) is 0 Å². The normalized spacial score (nSPS) is 18.6. The molecule has 1 aromatic heterocycles. The highest BCUT2D eigenvalue weighted by atomic mass is 16.5. The van der Waals surface area contributed by atoms with Crippen LogP contribution in [0.15, 0.2) is 18.3 Å². The highest BCUT2D eigenvalue weighted by Crippen LogP contribution is 2.31. The van der Waals surface area contributed by atoms with Crippen molar-refractivity contribution in [1.82, 2.24) is 4.98 Å². The van der Waals surface area contributed by atoms with Crippen molar-refractivity contribution in [2.45, 2.75) is 6.92 Å². The van der Waals surface area contributed by atoms with E-state index in [0.29, 0.717) is 24.6 Å². The second-order valence-electron chi connectivity index (χ2n) is 3.82. The Hall–Kier alpha value is -1.42. The van der Waals surface area contributed by atoms with Crippen molar-refractivity contribution < 1.29 is 9.53 Å². The van der Waals surface area contributed by atoms with E-state index in [0.717, 1.165) is 0 Å². The minimum atomic E-state index is -0.428. The van der Waals surface area contributed by atoms with Crippen molar-refractivity contribution in [3.05, 3.63) is 24.0 Å². The van der Waals surface area contributed by atoms with Gasteiger partial charge in [-0.15, -0.1) is 0 Å². The summed E-state index contributed by atoms with van der Waals surface area (Å²) in [5.74, 6) is -0.0261. The van der Waals surface area contributed by atoms with Crippen LogP contribution < -0.4 is 5.73 Å². The standard InChI is InChI=1S/C10H12N2O2/c1-10(5-14-6-10)9(13)8-7(11)3-2-4-12-8/h2-4H,5-6,11H2,1H3. The number of ether oxygens (including phenoxy) is 1. The van der Waals surface area contributed by atoms with E-state index >= 15 is 0 Å². The number of aromatic nitrogens is 1. The van der Waals surface area contributed by atoms with Crippen molar-refractivity contribution in [2.24, 2.45) is 5.41 Å². The number of rotatable bonds is 2. The van der Waals surface area contributed by atoms with Gasteiger partial charge in [-0.05, 0) is 19.1 Å². The van der Waals surface area contributed by atoms with Crippen LogP contribution in [0.25, 0.3) is 0 Å². The smallest absolute Gasteiger partial charge is 0.193 e. The molecule has 0 radical (unpaired) electrons. The molecule has 0 amide bonds. The Bertz CT molecular complexity index is 372. The summed E-state index contributed by atoms with van der Waals surface area (Å²) in [4.78, 5) is 15.9. The quantitative estimate of drug-likeness (QED) is 0.706. The zero-order valence-corrected chi connectivity index (χ0v) is 7.99. The third-order valence-electron chi connectivity index (χ3n) is 2.44. The number of nitrogens with two attached hydrogens (primary N) is 1. The van der Waals surface area contributed by atoms with Gasteiger partial charge < -0.3 is 10.5 Å². The summed E-state index contributed by atoms with van der Waals surface area (Å²) in [6.45, 7) is 2.79. The van der Waals surface area contributed by atoms with Crippen LogP contribution in [-0.2, 0) is 4.74 Å². The van der Waals surface area contributed by atoms with E-state index < -0.39 is 5.41 Å². The maximum Gasteiger partial charge on any atom is 0.193 e. The minimum Gasteiger partial charge on any atom is -0.397 e. The summed E-state index contributed by atoms with van der Waals surface area (Å²) in [6, 6.07) is 3.40. The predicted molar refractivity (Wildman–Crippen MR) is 51.9 cm³/mol. The first kappa shape index (κ1) is 9.15. The van der Waals surface area contributed by atoms with Crippen LogP contribution in [0.4, 0.5) is 5.69 Å². The lowest BCUT2D eigenvalue weighted by molar-refractivity contribution is -0.0769. The third-order valence-corrected chi connectivity index (χ3v) is 2.44. The maximum atomic E-state index is 11.9. The van der Waals surface area contributed by atoms with Crippen molar-refractivity contribution in [1.29, 1.82) is 0 Å². The number of carbonyl (C=O) groups excluding carboxylic acids is 1. The summed E-state index contributed by atoms with van der Waals surface area (Å²) >= 11 is 0. The zero-order valence-electron chi connectivity index (χ0n) is 7.99. The van der Waals surface area contributed by atoms with Crippen LogP contribution >= 0.6 is 0 Å². The van der Waals surface area contributed by atoms with Gasteiger partial charge in [0.1, 0.15) is 5.69 Å². The largest absolute Gasteiger partial charge is 0.397 e. The molecule has 1 saturated heterocycles. The lowest BCUT2D eigenvalue weighted by Gasteiger charge is -2.36. The van der Waals surface area contributed by atoms with Crippen molar-refractivity contribution in [2.75, 3.05) is 18.9 Å². The Labute approximate surface area is 82.1 Å². The fraction of sp³-hybridized carbons (Fsp3) is 0.400. The van der Waals surface area contributed by atoms with Gasteiger partial charge in [0.2, 0.25) is 0 Å². The summed E-state index contributed by atoms with van der Waals surface area (Å²) in [6.07, 6.45) is 1.58. The molecule has 1 aromatic rings. The second kappa shape index (κ2) is 3.06. The van der Waals surface area contributed by atoms with Crippen molar-refractivity contribution >= 4 is 11.5 Å². The predicted octanol–water partition coefficient (Wildman–Crippen LogP) is 0.883. The third kappa shape index (κ3) is 1.28. The molecule has 4 nitrogen and oxygen atoms in total. The number of nitrogen functional groups attached to an aromatic ring is 1. The van der Waals surface area contributed by atoms with Crippen LogP contribution in [-0.4, -0.2) is 24.0 Å². The van der Waals surface area contributed by atoms with Gasteiger partial charge in [-0.1, -0.05) is 0 Å². The van der Waals surface area contributed by atoms with Crippen molar-refractivity contribution in [3.8, 4) is 0 Å². The van der Waals surface area contributed by atoms with Crippen LogP contribution in [0, 0.1) is 5.41 Å². The lowest BCUT2D eigenvalue weighted by atomic mass is 9.82. The molecule has 1 aliphatic rings. The Kier molecular flexibility index (Phi) is 2.00. The molecule has 2 heterocycles. The van der Waals surface area contributed by atoms with Crippen molar-refractivity contribution in [3.63, 3.8) is 0 Å². The second-order valence-corrected chi connectivity index (χ2v) is 3.82. The van der Waals surface area contributed by atoms with Crippen LogP contribution in [0.3, 0.4) is 0 Å². The first-order valence-corrected chi connectivity index (χ1v) is 4.46. The number of anilines is 1. The Balaban J connectivity index is 2.32. The van der Waals surface area contributed by atoms with Gasteiger partial charge in [-0.3, -0.25) is 9.78 Å². The molecule has 1 fully saturated rings. The lowest BCUT2D eigenvalue weighted by Crippen LogP contribution is -2.46. The fourth-order valence-corrected chi connectivity index (χ4v) is 1.43. The summed E-state index contributed by atoms with van der Waals surface area (Å²) in [5.41, 5.74) is 6.04. The molecule has 1 aliphatic heterocycles. The molecule has 14 heavy (non-hydrogen) atoms. The van der Waals surface area contributed by atoms with Gasteiger partial charge in [0.25, 0.3) is 0 Å². The first-order chi connectivity index (χ1) is 6.63. The van der Waals surface area contributed by atoms with E-state index in [4.69, 9.17) is 10.5 Å². The Morgan fingerprint density at radius 1 is 1.64 bits per heavy atom. The average Bonchev–Trinajstić information content (AvgIpc) is 2.14. The fourth-order valence-electron chi connectivity index (χ4n) is 1.43. The molecule has 0 aromatic carbocycles. The van der Waals surface area contributed by atoms with E-state index in [9.17, 15) is 4.79 Å². The highest BCUT2D eigenvalue weighted by molar-refractivity contribution is 6.03. The SMILES string of the molecule is CC1(C(=O)c2ncccc2N)COC1. The molecule has 0 bridgehead atoms. The number of carbonyl (C=O) groups is 1. The molecule has 74 valence electrons. The molecule has 0 aliphatic carbocycles. The number of nitrogens with zero attached hydrogens (tertiary/aromatic N) is 1. The summed E-state index contributed by atoms with van der Waals surface area (Å²) < 4.78 is 5.03. The maximum absolute atomic E-state index is 11.9. The Morgan fingerprint density at radius 3 is 2.86 bits per heavy atom. The highest BCUT2D eigenvalue weighted by Gasteiger charge is 2.42. The first-order valence-electron chi connectivity index (χ1n) is 4.46. The number of pyridine rings is 1. The summed E-state index contributed by atoms with van der Waals surface area (Å²) in [5, 5.41) is 0. The minimum absolute atomic E-state index is 0.0261. The van der Waals surface area contributed by atoms with E-state index in [2.05, 4.69) is 4.98 Å². The molecular formula is C10H12N2O2. The molecule has 4 heteroatoms. The number of hydrogen-bond donors (Lipinski definition) is 1. The summed E-state index contributed by atoms with van der Waals surface area (Å²) in [7, 11) is 0. The topological polar surface area (TPSA) is 65.2 Å². The molecule has 0 unspecified atom stereocenters. The van der Waals surface area contributed by atoms with E-state index in [1.165, 1.54) is 0 Å². The van der Waals surface area contributed by atoms with Gasteiger partial charge in [-0.25, -0.2) is 0 Å². The molecule has 0 atom stereocenters. The molecule has 0 spiro atoms. The number of ketones is 1. The van der Waals surface area contributed by atoms with Gasteiger partial charge in [0.15, 0.2) is 5.78 Å². The van der Waals surface area contributed by atoms with Crippen LogP contribution in [0.1, 0.15) is 17.4 Å². The molecule has 2 rings (SSSR count). The van der Waals surface area contributed by atoms with E-state index in [1.807, 2.05) is 6.92 Å². The van der Waals surface area contributed by atoms with E-state index in [-0.39, 0.29) is 5.78 Å². The van der Waals surface area contributed by atoms with Gasteiger partial charge in [0, 0.05) is 6.20 Å². The van der Waals surface area contributed by atoms with Gasteiger partial charge >= 0.3 is 0 Å². The van der Waals surface area contributed by atoms with Gasteiger partial charge in [0.05, 0.1) is 24.3 Å². The monoisotopic (exact) mass is 192 g/mol. The zero-order chi connectivity index (χ0) is 10.2. The number of Topliss-reactive ketones (excluding diaryl/α,β-unsaturated/α-hetero) is 1. The van der Waals surface area contributed by atoms with E-state index in [1.54, 1.807) is 18.3 Å². The van der Waals surface area contributed by atoms with Crippen LogP contribution in [0.5, 0.6) is 0 Å². The molecule has 2 N–H and O–H groups in total. The Morgan fingerprint density at radius 2 is 2.36 bits per heavy atom. The van der Waals surface area contributed by atoms with Gasteiger partial charge in [-0.2, -0.15) is 0 Å².